The molecule has 1 heterocycles. The molecule has 0 radical (unpaired) electrons. The lowest BCUT2D eigenvalue weighted by atomic mass is 10.1. The van der Waals surface area contributed by atoms with Crippen molar-refractivity contribution in [2.45, 2.75) is 6.54 Å². The minimum absolute atomic E-state index is 0.0422. The first-order valence-corrected chi connectivity index (χ1v) is 9.10. The van der Waals surface area contributed by atoms with E-state index in [9.17, 15) is 4.79 Å². The number of hydrogen-bond donors (Lipinski definition) is 0. The predicted octanol–water partition coefficient (Wildman–Crippen LogP) is 4.92. The number of nitrogens with zero attached hydrogens (tertiary/aromatic N) is 2. The Morgan fingerprint density at radius 3 is 2.32 bits per heavy atom. The van der Waals surface area contributed by atoms with E-state index in [1.54, 1.807) is 0 Å². The molecule has 1 aromatic heterocycles. The Morgan fingerprint density at radius 1 is 0.920 bits per heavy atom. The van der Waals surface area contributed by atoms with Crippen LogP contribution < -0.4 is 0 Å². The van der Waals surface area contributed by atoms with Crippen LogP contribution in [0.15, 0.2) is 78.9 Å². The first-order valence-electron chi connectivity index (χ1n) is 8.02. The van der Waals surface area contributed by atoms with E-state index in [1.165, 1.54) is 0 Å². The maximum atomic E-state index is 13.0. The second-order valence-electron chi connectivity index (χ2n) is 5.85. The van der Waals surface area contributed by atoms with Gasteiger partial charge in [-0.15, -0.1) is 0 Å². The lowest BCUT2D eigenvalue weighted by Crippen LogP contribution is -2.06. The number of ketones is 1. The Balaban J connectivity index is 1.84. The summed E-state index contributed by atoms with van der Waals surface area (Å²) in [6.45, 7) is 0.639. The van der Waals surface area contributed by atoms with Crippen molar-refractivity contribution in [3.63, 3.8) is 0 Å². The van der Waals surface area contributed by atoms with Crippen LogP contribution in [0, 0.1) is 3.57 Å². The summed E-state index contributed by atoms with van der Waals surface area (Å²) < 4.78 is 3.00. The maximum absolute atomic E-state index is 13.0. The number of benzene rings is 3. The lowest BCUT2D eigenvalue weighted by molar-refractivity contribution is 0.103. The van der Waals surface area contributed by atoms with Gasteiger partial charge in [0.05, 0.1) is 12.1 Å². The second-order valence-corrected chi connectivity index (χ2v) is 7.09. The van der Waals surface area contributed by atoms with Crippen molar-refractivity contribution in [1.82, 2.24) is 9.78 Å². The molecule has 0 saturated carbocycles. The van der Waals surface area contributed by atoms with Crippen LogP contribution in [0.1, 0.15) is 21.6 Å². The maximum Gasteiger partial charge on any atom is 0.213 e. The summed E-state index contributed by atoms with van der Waals surface area (Å²) in [5.74, 6) is -0.0422. The molecule has 0 aliphatic carbocycles. The SMILES string of the molecule is O=C(c1ccccc1)c1nn(Cc2ccccc2)c2ccc(I)cc12. The molecule has 0 N–H and O–H groups in total. The van der Waals surface area contributed by atoms with Gasteiger partial charge in [0.2, 0.25) is 5.78 Å². The Hall–Kier alpha value is -2.47. The minimum Gasteiger partial charge on any atom is -0.287 e. The summed E-state index contributed by atoms with van der Waals surface area (Å²) in [5.41, 5.74) is 3.30. The van der Waals surface area contributed by atoms with Gasteiger partial charge in [-0.2, -0.15) is 5.10 Å². The lowest BCUT2D eigenvalue weighted by Gasteiger charge is -2.03. The van der Waals surface area contributed by atoms with Gasteiger partial charge >= 0.3 is 0 Å². The van der Waals surface area contributed by atoms with Crippen molar-refractivity contribution in [3.8, 4) is 0 Å². The van der Waals surface area contributed by atoms with E-state index in [2.05, 4.69) is 39.8 Å². The van der Waals surface area contributed by atoms with Gasteiger partial charge in [0.15, 0.2) is 0 Å². The summed E-state index contributed by atoms with van der Waals surface area (Å²) in [6.07, 6.45) is 0. The van der Waals surface area contributed by atoms with Crippen molar-refractivity contribution in [2.75, 3.05) is 0 Å². The van der Waals surface area contributed by atoms with Crippen molar-refractivity contribution < 1.29 is 4.79 Å². The van der Waals surface area contributed by atoms with E-state index in [1.807, 2.05) is 71.4 Å². The smallest absolute Gasteiger partial charge is 0.213 e. The molecule has 4 aromatic rings. The summed E-state index contributed by atoms with van der Waals surface area (Å²) in [5, 5.41) is 5.57. The molecule has 0 bridgehead atoms. The molecule has 3 aromatic carbocycles. The van der Waals surface area contributed by atoms with Crippen LogP contribution in [0.3, 0.4) is 0 Å². The third kappa shape index (κ3) is 3.22. The quantitative estimate of drug-likeness (QED) is 0.335. The van der Waals surface area contributed by atoms with Gasteiger partial charge in [0.1, 0.15) is 5.69 Å². The van der Waals surface area contributed by atoms with Crippen LogP contribution in [-0.4, -0.2) is 15.6 Å². The zero-order chi connectivity index (χ0) is 17.2. The van der Waals surface area contributed by atoms with Gasteiger partial charge in [-0.1, -0.05) is 60.7 Å². The number of halogens is 1. The number of fused-ring (bicyclic) bond motifs is 1. The molecule has 0 aliphatic rings. The third-order valence-electron chi connectivity index (χ3n) is 4.14. The molecule has 3 nitrogen and oxygen atoms in total. The highest BCUT2D eigenvalue weighted by Gasteiger charge is 2.19. The molecular weight excluding hydrogens is 423 g/mol. The summed E-state index contributed by atoms with van der Waals surface area (Å²) in [6, 6.07) is 25.6. The zero-order valence-corrected chi connectivity index (χ0v) is 15.6. The van der Waals surface area contributed by atoms with Crippen LogP contribution in [0.4, 0.5) is 0 Å². The van der Waals surface area contributed by atoms with Gasteiger partial charge in [-0.3, -0.25) is 9.48 Å². The van der Waals surface area contributed by atoms with Crippen LogP contribution in [0.2, 0.25) is 0 Å². The minimum atomic E-state index is -0.0422. The normalized spacial score (nSPS) is 10.9. The van der Waals surface area contributed by atoms with E-state index >= 15 is 0 Å². The Labute approximate surface area is 159 Å². The molecule has 122 valence electrons. The molecule has 0 saturated heterocycles. The van der Waals surface area contributed by atoms with E-state index < -0.39 is 0 Å². The fourth-order valence-electron chi connectivity index (χ4n) is 2.92. The molecule has 0 fully saturated rings. The molecular formula is C21H15IN2O. The van der Waals surface area contributed by atoms with E-state index in [0.29, 0.717) is 17.8 Å². The van der Waals surface area contributed by atoms with Crippen molar-refractivity contribution in [1.29, 1.82) is 0 Å². The number of carbonyl (C=O) groups is 1. The van der Waals surface area contributed by atoms with Crippen LogP contribution in [0.25, 0.3) is 10.9 Å². The molecule has 0 unspecified atom stereocenters. The number of rotatable bonds is 4. The van der Waals surface area contributed by atoms with E-state index in [4.69, 9.17) is 0 Å². The largest absolute Gasteiger partial charge is 0.287 e. The topological polar surface area (TPSA) is 34.9 Å². The molecule has 25 heavy (non-hydrogen) atoms. The standard InChI is InChI=1S/C21H15IN2O/c22-17-11-12-19-18(13-17)20(21(25)16-9-5-2-6-10-16)23-24(19)14-15-7-3-1-4-8-15/h1-13H,14H2. The van der Waals surface area contributed by atoms with Gasteiger partial charge in [0.25, 0.3) is 0 Å². The Morgan fingerprint density at radius 2 is 1.60 bits per heavy atom. The highest BCUT2D eigenvalue weighted by molar-refractivity contribution is 14.1. The van der Waals surface area contributed by atoms with Crippen molar-refractivity contribution in [2.24, 2.45) is 0 Å². The Kier molecular flexibility index (Phi) is 4.36. The van der Waals surface area contributed by atoms with E-state index in [0.717, 1.165) is 20.0 Å². The third-order valence-corrected chi connectivity index (χ3v) is 4.81. The number of hydrogen-bond acceptors (Lipinski definition) is 2. The second kappa shape index (κ2) is 6.80. The van der Waals surface area contributed by atoms with E-state index in [-0.39, 0.29) is 5.78 Å². The number of carbonyl (C=O) groups excluding carboxylic acids is 1. The van der Waals surface area contributed by atoms with Gasteiger partial charge in [0, 0.05) is 14.5 Å². The van der Waals surface area contributed by atoms with Gasteiger partial charge in [-0.05, 0) is 46.4 Å². The van der Waals surface area contributed by atoms with Crippen molar-refractivity contribution in [3.05, 3.63) is 99.3 Å². The van der Waals surface area contributed by atoms with Crippen LogP contribution in [-0.2, 0) is 6.54 Å². The highest BCUT2D eigenvalue weighted by atomic mass is 127. The van der Waals surface area contributed by atoms with Gasteiger partial charge in [-0.25, -0.2) is 0 Å². The first-order chi connectivity index (χ1) is 12.2. The molecule has 0 spiro atoms. The summed E-state index contributed by atoms with van der Waals surface area (Å²) >= 11 is 2.27. The summed E-state index contributed by atoms with van der Waals surface area (Å²) in [4.78, 5) is 13.0. The first kappa shape index (κ1) is 16.0. The molecule has 4 rings (SSSR count). The monoisotopic (exact) mass is 438 g/mol. The average Bonchev–Trinajstić information content (AvgIpc) is 3.00. The predicted molar refractivity (Wildman–Crippen MR) is 108 cm³/mol. The average molecular weight is 438 g/mol. The number of aromatic nitrogens is 2. The fourth-order valence-corrected chi connectivity index (χ4v) is 3.41. The fraction of sp³-hybridized carbons (Fsp3) is 0.0476. The molecule has 0 aliphatic heterocycles. The van der Waals surface area contributed by atoms with Crippen molar-refractivity contribution >= 4 is 39.3 Å². The Bertz CT molecular complexity index is 1040. The van der Waals surface area contributed by atoms with Gasteiger partial charge < -0.3 is 0 Å². The summed E-state index contributed by atoms with van der Waals surface area (Å²) in [7, 11) is 0. The van der Waals surface area contributed by atoms with Crippen LogP contribution in [0.5, 0.6) is 0 Å². The zero-order valence-electron chi connectivity index (χ0n) is 13.4. The highest BCUT2D eigenvalue weighted by Crippen LogP contribution is 2.24. The molecule has 4 heteroatoms. The molecule has 0 amide bonds. The molecule has 0 atom stereocenters. The van der Waals surface area contributed by atoms with Crippen LogP contribution >= 0.6 is 22.6 Å².